The van der Waals surface area contributed by atoms with Crippen molar-refractivity contribution in [1.82, 2.24) is 29.3 Å². The second kappa shape index (κ2) is 6.91. The Hall–Kier alpha value is -2.68. The van der Waals surface area contributed by atoms with Crippen molar-refractivity contribution in [1.29, 1.82) is 0 Å². The summed E-state index contributed by atoms with van der Waals surface area (Å²) in [6.45, 7) is 2.73. The monoisotopic (exact) mass is 358 g/mol. The predicted molar refractivity (Wildman–Crippen MR) is 93.6 cm³/mol. The van der Waals surface area contributed by atoms with Gasteiger partial charge in [-0.25, -0.2) is 9.48 Å². The van der Waals surface area contributed by atoms with Crippen molar-refractivity contribution >= 4 is 17.5 Å². The van der Waals surface area contributed by atoms with E-state index in [1.165, 1.54) is 9.08 Å². The standard InChI is InChI=1S/C17H22N6O3/c24-15(18-13-4-5-13)11-20-7-9-21(10-8-20)16(25)12-23-17(26)22-6-2-1-3-14(22)19-23/h1-3,6,13H,4-5,7-12H2,(H,18,24). The zero-order valence-electron chi connectivity index (χ0n) is 14.5. The molecule has 2 amide bonds. The fraction of sp³-hybridized carbons (Fsp3) is 0.529. The molecule has 0 radical (unpaired) electrons. The summed E-state index contributed by atoms with van der Waals surface area (Å²) in [5.41, 5.74) is 0.209. The Morgan fingerprint density at radius 2 is 1.88 bits per heavy atom. The van der Waals surface area contributed by atoms with Gasteiger partial charge in [0.05, 0.1) is 6.54 Å². The first-order valence-corrected chi connectivity index (χ1v) is 8.94. The molecule has 138 valence electrons. The van der Waals surface area contributed by atoms with Crippen LogP contribution in [0.5, 0.6) is 0 Å². The summed E-state index contributed by atoms with van der Waals surface area (Å²) in [6.07, 6.45) is 3.80. The maximum absolute atomic E-state index is 12.5. The van der Waals surface area contributed by atoms with Gasteiger partial charge in [-0.1, -0.05) is 6.07 Å². The Morgan fingerprint density at radius 1 is 1.12 bits per heavy atom. The van der Waals surface area contributed by atoms with Gasteiger partial charge in [-0.05, 0) is 25.0 Å². The average Bonchev–Trinajstić information content (AvgIpc) is 3.39. The maximum Gasteiger partial charge on any atom is 0.350 e. The molecule has 2 aromatic rings. The number of hydrogen-bond acceptors (Lipinski definition) is 5. The molecule has 3 heterocycles. The van der Waals surface area contributed by atoms with Crippen LogP contribution in [-0.4, -0.2) is 74.6 Å². The largest absolute Gasteiger partial charge is 0.352 e. The molecule has 0 atom stereocenters. The molecule has 1 saturated heterocycles. The minimum atomic E-state index is -0.315. The van der Waals surface area contributed by atoms with Gasteiger partial charge in [0.15, 0.2) is 5.65 Å². The van der Waals surface area contributed by atoms with E-state index in [2.05, 4.69) is 15.3 Å². The third-order valence-electron chi connectivity index (χ3n) is 4.81. The number of aromatic nitrogens is 3. The summed E-state index contributed by atoms with van der Waals surface area (Å²) in [7, 11) is 0. The van der Waals surface area contributed by atoms with Crippen LogP contribution in [0.4, 0.5) is 0 Å². The predicted octanol–water partition coefficient (Wildman–Crippen LogP) is -1.08. The second-order valence-electron chi connectivity index (χ2n) is 6.87. The minimum absolute atomic E-state index is 0.0588. The molecular weight excluding hydrogens is 336 g/mol. The van der Waals surface area contributed by atoms with E-state index < -0.39 is 0 Å². The number of pyridine rings is 1. The first kappa shape index (κ1) is 16.8. The van der Waals surface area contributed by atoms with E-state index in [4.69, 9.17) is 0 Å². The van der Waals surface area contributed by atoms with Gasteiger partial charge in [-0.3, -0.25) is 18.9 Å². The van der Waals surface area contributed by atoms with Crippen LogP contribution in [0, 0.1) is 0 Å². The van der Waals surface area contributed by atoms with Gasteiger partial charge in [-0.15, -0.1) is 5.10 Å². The molecule has 2 aromatic heterocycles. The molecule has 4 rings (SSSR count). The van der Waals surface area contributed by atoms with Gasteiger partial charge in [0.25, 0.3) is 0 Å². The number of nitrogens with one attached hydrogen (secondary N) is 1. The Balaban J connectivity index is 1.31. The van der Waals surface area contributed by atoms with E-state index >= 15 is 0 Å². The number of nitrogens with zero attached hydrogens (tertiary/aromatic N) is 5. The molecule has 9 heteroatoms. The van der Waals surface area contributed by atoms with Crippen molar-refractivity contribution in [3.05, 3.63) is 34.9 Å². The summed E-state index contributed by atoms with van der Waals surface area (Å²) < 4.78 is 2.62. The first-order valence-electron chi connectivity index (χ1n) is 8.94. The van der Waals surface area contributed by atoms with Crippen LogP contribution in [0.1, 0.15) is 12.8 Å². The topological polar surface area (TPSA) is 92.0 Å². The van der Waals surface area contributed by atoms with Gasteiger partial charge in [-0.2, -0.15) is 0 Å². The molecule has 1 aliphatic heterocycles. The van der Waals surface area contributed by atoms with Crippen LogP contribution in [-0.2, 0) is 16.1 Å². The van der Waals surface area contributed by atoms with Crippen LogP contribution < -0.4 is 11.0 Å². The lowest BCUT2D eigenvalue weighted by Crippen LogP contribution is -2.52. The molecule has 0 bridgehead atoms. The number of carbonyl (C=O) groups is 2. The molecule has 2 aliphatic rings. The van der Waals surface area contributed by atoms with Gasteiger partial charge in [0.1, 0.15) is 6.54 Å². The van der Waals surface area contributed by atoms with Gasteiger partial charge < -0.3 is 10.2 Å². The lowest BCUT2D eigenvalue weighted by molar-refractivity contribution is -0.134. The quantitative estimate of drug-likeness (QED) is 0.734. The summed E-state index contributed by atoms with van der Waals surface area (Å²) in [5.74, 6) is -0.0684. The Labute approximate surface area is 150 Å². The molecular formula is C17H22N6O3. The highest BCUT2D eigenvalue weighted by molar-refractivity contribution is 5.79. The summed E-state index contributed by atoms with van der Waals surface area (Å²) >= 11 is 0. The SMILES string of the molecule is O=C(CN1CCN(C(=O)Cn2nc3ccccn3c2=O)CC1)NC1CC1. The normalized spacial score (nSPS) is 18.2. The lowest BCUT2D eigenvalue weighted by atomic mass is 10.3. The molecule has 9 nitrogen and oxygen atoms in total. The number of carbonyl (C=O) groups excluding carboxylic acids is 2. The molecule has 26 heavy (non-hydrogen) atoms. The van der Waals surface area contributed by atoms with Crippen molar-refractivity contribution in [2.75, 3.05) is 32.7 Å². The van der Waals surface area contributed by atoms with E-state index in [0.29, 0.717) is 44.4 Å². The molecule has 0 unspecified atom stereocenters. The van der Waals surface area contributed by atoms with Gasteiger partial charge in [0.2, 0.25) is 11.8 Å². The highest BCUT2D eigenvalue weighted by Gasteiger charge is 2.26. The minimum Gasteiger partial charge on any atom is -0.352 e. The zero-order valence-corrected chi connectivity index (χ0v) is 14.5. The average molecular weight is 358 g/mol. The van der Waals surface area contributed by atoms with E-state index in [9.17, 15) is 14.4 Å². The fourth-order valence-corrected chi connectivity index (χ4v) is 3.16. The highest BCUT2D eigenvalue weighted by atomic mass is 16.2. The van der Waals surface area contributed by atoms with Gasteiger partial charge in [0, 0.05) is 38.4 Å². The molecule has 2 fully saturated rings. The smallest absolute Gasteiger partial charge is 0.350 e. The molecule has 1 N–H and O–H groups in total. The summed E-state index contributed by atoms with van der Waals surface area (Å²) in [5, 5.41) is 7.17. The van der Waals surface area contributed by atoms with Crippen molar-refractivity contribution in [3.63, 3.8) is 0 Å². The number of fused-ring (bicyclic) bond motifs is 1. The molecule has 1 saturated carbocycles. The third kappa shape index (κ3) is 3.62. The number of piperazine rings is 1. The number of amides is 2. The lowest BCUT2D eigenvalue weighted by Gasteiger charge is -2.34. The van der Waals surface area contributed by atoms with E-state index in [1.807, 2.05) is 0 Å². The van der Waals surface area contributed by atoms with Crippen LogP contribution in [0.3, 0.4) is 0 Å². The summed E-state index contributed by atoms with van der Waals surface area (Å²) in [4.78, 5) is 40.4. The Morgan fingerprint density at radius 3 is 2.58 bits per heavy atom. The Kier molecular flexibility index (Phi) is 4.46. The van der Waals surface area contributed by atoms with Crippen molar-refractivity contribution in [2.45, 2.75) is 25.4 Å². The third-order valence-corrected chi connectivity index (χ3v) is 4.81. The van der Waals surface area contributed by atoms with Crippen LogP contribution in [0.15, 0.2) is 29.2 Å². The number of hydrogen-bond donors (Lipinski definition) is 1. The van der Waals surface area contributed by atoms with Crippen molar-refractivity contribution in [3.8, 4) is 0 Å². The molecule has 0 spiro atoms. The second-order valence-corrected chi connectivity index (χ2v) is 6.87. The zero-order chi connectivity index (χ0) is 18.1. The van der Waals surface area contributed by atoms with Gasteiger partial charge >= 0.3 is 5.69 Å². The first-order chi connectivity index (χ1) is 12.6. The van der Waals surface area contributed by atoms with E-state index in [-0.39, 0.29) is 24.0 Å². The van der Waals surface area contributed by atoms with Crippen molar-refractivity contribution in [2.24, 2.45) is 0 Å². The van der Waals surface area contributed by atoms with Crippen molar-refractivity contribution < 1.29 is 9.59 Å². The van der Waals surface area contributed by atoms with E-state index in [1.54, 1.807) is 29.3 Å². The summed E-state index contributed by atoms with van der Waals surface area (Å²) in [6, 6.07) is 5.65. The number of rotatable bonds is 5. The van der Waals surface area contributed by atoms with Crippen LogP contribution in [0.25, 0.3) is 5.65 Å². The van der Waals surface area contributed by atoms with E-state index in [0.717, 1.165) is 12.8 Å². The van der Waals surface area contributed by atoms with Crippen LogP contribution in [0.2, 0.25) is 0 Å². The molecule has 1 aliphatic carbocycles. The maximum atomic E-state index is 12.5. The Bertz CT molecular complexity index is 876. The van der Waals surface area contributed by atoms with Crippen LogP contribution >= 0.6 is 0 Å². The molecule has 0 aromatic carbocycles. The highest BCUT2D eigenvalue weighted by Crippen LogP contribution is 2.18. The fourth-order valence-electron chi connectivity index (χ4n) is 3.16.